The van der Waals surface area contributed by atoms with Crippen molar-refractivity contribution in [2.24, 2.45) is 5.73 Å². The van der Waals surface area contributed by atoms with Gasteiger partial charge in [-0.15, -0.1) is 0 Å². The average Bonchev–Trinajstić information content (AvgIpc) is 2.34. The number of ether oxygens (including phenoxy) is 1. The van der Waals surface area contributed by atoms with Crippen molar-refractivity contribution >= 4 is 6.09 Å². The molecule has 5 nitrogen and oxygen atoms in total. The van der Waals surface area contributed by atoms with E-state index >= 15 is 0 Å². The minimum atomic E-state index is -0.558. The van der Waals surface area contributed by atoms with E-state index in [4.69, 9.17) is 15.7 Å². The summed E-state index contributed by atoms with van der Waals surface area (Å²) in [6, 6.07) is 8.66. The number of hydrogen-bond acceptors (Lipinski definition) is 4. The van der Waals surface area contributed by atoms with E-state index in [2.05, 4.69) is 11.4 Å². The Hall–Kier alpha value is -2.06. The number of rotatable bonds is 3. The van der Waals surface area contributed by atoms with Crippen molar-refractivity contribution in [2.45, 2.75) is 32.4 Å². The van der Waals surface area contributed by atoms with Gasteiger partial charge in [0.15, 0.2) is 0 Å². The average molecular weight is 261 g/mol. The highest BCUT2D eigenvalue weighted by atomic mass is 16.6. The van der Waals surface area contributed by atoms with E-state index in [9.17, 15) is 4.79 Å². The molecule has 0 aliphatic heterocycles. The lowest BCUT2D eigenvalue weighted by atomic mass is 10.0. The highest BCUT2D eigenvalue weighted by molar-refractivity contribution is 5.68. The van der Waals surface area contributed by atoms with Gasteiger partial charge in [0.1, 0.15) is 5.60 Å². The Kier molecular flexibility index (Phi) is 4.90. The van der Waals surface area contributed by atoms with E-state index in [0.717, 1.165) is 5.56 Å². The molecule has 19 heavy (non-hydrogen) atoms. The normalized spacial score (nSPS) is 12.4. The van der Waals surface area contributed by atoms with Crippen LogP contribution in [-0.2, 0) is 4.74 Å². The second-order valence-electron chi connectivity index (χ2n) is 5.17. The minimum Gasteiger partial charge on any atom is -0.444 e. The van der Waals surface area contributed by atoms with E-state index in [1.807, 2.05) is 6.07 Å². The van der Waals surface area contributed by atoms with Gasteiger partial charge in [-0.2, -0.15) is 5.26 Å². The third-order valence-electron chi connectivity index (χ3n) is 2.34. The molecular formula is C14H19N3O2. The van der Waals surface area contributed by atoms with E-state index < -0.39 is 11.7 Å². The zero-order valence-electron chi connectivity index (χ0n) is 11.4. The predicted molar refractivity (Wildman–Crippen MR) is 72.3 cm³/mol. The molecule has 0 bridgehead atoms. The summed E-state index contributed by atoms with van der Waals surface area (Å²) in [5.41, 5.74) is 6.41. The summed E-state index contributed by atoms with van der Waals surface area (Å²) < 4.78 is 5.18. The quantitative estimate of drug-likeness (QED) is 0.872. The van der Waals surface area contributed by atoms with Crippen LogP contribution in [0.1, 0.15) is 37.9 Å². The number of carbonyl (C=O) groups excluding carboxylic acids is 1. The Morgan fingerprint density at radius 1 is 1.53 bits per heavy atom. The highest BCUT2D eigenvalue weighted by Gasteiger charge is 2.19. The van der Waals surface area contributed by atoms with Crippen LogP contribution in [0.25, 0.3) is 0 Å². The summed E-state index contributed by atoms with van der Waals surface area (Å²) >= 11 is 0. The first-order chi connectivity index (χ1) is 8.85. The van der Waals surface area contributed by atoms with Gasteiger partial charge < -0.3 is 15.8 Å². The largest absolute Gasteiger partial charge is 0.444 e. The summed E-state index contributed by atoms with van der Waals surface area (Å²) in [6.45, 7) is 5.61. The van der Waals surface area contributed by atoms with Crippen LogP contribution < -0.4 is 11.1 Å². The van der Waals surface area contributed by atoms with Gasteiger partial charge in [0, 0.05) is 6.54 Å². The first-order valence-electron chi connectivity index (χ1n) is 6.05. The van der Waals surface area contributed by atoms with Crippen molar-refractivity contribution in [3.8, 4) is 6.07 Å². The zero-order valence-corrected chi connectivity index (χ0v) is 11.4. The zero-order chi connectivity index (χ0) is 14.5. The van der Waals surface area contributed by atoms with Gasteiger partial charge in [-0.3, -0.25) is 0 Å². The summed E-state index contributed by atoms with van der Waals surface area (Å²) in [4.78, 5) is 11.7. The Morgan fingerprint density at radius 3 is 2.74 bits per heavy atom. The Labute approximate surface area is 113 Å². The van der Waals surface area contributed by atoms with E-state index in [-0.39, 0.29) is 12.6 Å². The summed E-state index contributed by atoms with van der Waals surface area (Å²) in [5.74, 6) is 0. The molecule has 1 amide bonds. The standard InChI is InChI=1S/C14H19N3O2/c1-14(2,3)19-13(18)17-12(9-16)11-6-4-5-10(7-11)8-15/h4-7,12H,9,16H2,1-3H3,(H,17,18). The maximum Gasteiger partial charge on any atom is 0.408 e. The Bertz CT molecular complexity index is 486. The number of amides is 1. The van der Waals surface area contributed by atoms with Crippen LogP contribution in [0.4, 0.5) is 4.79 Å². The van der Waals surface area contributed by atoms with E-state index in [1.54, 1.807) is 39.0 Å². The lowest BCUT2D eigenvalue weighted by Gasteiger charge is -2.23. The second kappa shape index (κ2) is 6.21. The molecule has 0 heterocycles. The van der Waals surface area contributed by atoms with Gasteiger partial charge in [0.05, 0.1) is 17.7 Å². The van der Waals surface area contributed by atoms with Crippen molar-refractivity contribution in [1.82, 2.24) is 5.32 Å². The first kappa shape index (κ1) is 15.0. The maximum atomic E-state index is 11.7. The number of benzene rings is 1. The lowest BCUT2D eigenvalue weighted by Crippen LogP contribution is -2.37. The van der Waals surface area contributed by atoms with Crippen LogP contribution in [0.3, 0.4) is 0 Å². The van der Waals surface area contributed by atoms with Crippen LogP contribution in [-0.4, -0.2) is 18.2 Å². The number of carbonyl (C=O) groups is 1. The van der Waals surface area contributed by atoms with Crippen molar-refractivity contribution in [3.63, 3.8) is 0 Å². The third-order valence-corrected chi connectivity index (χ3v) is 2.34. The van der Waals surface area contributed by atoms with Crippen LogP contribution in [0.2, 0.25) is 0 Å². The number of alkyl carbamates (subject to hydrolysis) is 1. The first-order valence-corrected chi connectivity index (χ1v) is 6.05. The van der Waals surface area contributed by atoms with Gasteiger partial charge in [-0.1, -0.05) is 12.1 Å². The molecular weight excluding hydrogens is 242 g/mol. The molecule has 0 aromatic heterocycles. The highest BCUT2D eigenvalue weighted by Crippen LogP contribution is 2.15. The Morgan fingerprint density at radius 2 is 2.21 bits per heavy atom. The van der Waals surface area contributed by atoms with Gasteiger partial charge in [0.2, 0.25) is 0 Å². The topological polar surface area (TPSA) is 88.1 Å². The number of nitrogens with two attached hydrogens (primary N) is 1. The van der Waals surface area contributed by atoms with Crippen molar-refractivity contribution < 1.29 is 9.53 Å². The van der Waals surface area contributed by atoms with Crippen molar-refractivity contribution in [3.05, 3.63) is 35.4 Å². The molecule has 1 rings (SSSR count). The third kappa shape index (κ3) is 4.98. The van der Waals surface area contributed by atoms with Crippen LogP contribution in [0, 0.1) is 11.3 Å². The van der Waals surface area contributed by atoms with Gasteiger partial charge >= 0.3 is 6.09 Å². The fraction of sp³-hybridized carbons (Fsp3) is 0.429. The molecule has 102 valence electrons. The van der Waals surface area contributed by atoms with Gasteiger partial charge in [0.25, 0.3) is 0 Å². The van der Waals surface area contributed by atoms with Crippen LogP contribution in [0.5, 0.6) is 0 Å². The molecule has 0 saturated heterocycles. The molecule has 1 aromatic carbocycles. The summed E-state index contributed by atoms with van der Waals surface area (Å²) in [7, 11) is 0. The molecule has 3 N–H and O–H groups in total. The molecule has 0 saturated carbocycles. The summed E-state index contributed by atoms with van der Waals surface area (Å²) in [5, 5.41) is 11.6. The molecule has 0 fully saturated rings. The van der Waals surface area contributed by atoms with Crippen LogP contribution in [0.15, 0.2) is 24.3 Å². The molecule has 1 unspecified atom stereocenters. The number of nitrogens with zero attached hydrogens (tertiary/aromatic N) is 1. The SMILES string of the molecule is CC(C)(C)OC(=O)NC(CN)c1cccc(C#N)c1. The molecule has 0 aliphatic carbocycles. The summed E-state index contributed by atoms with van der Waals surface area (Å²) in [6.07, 6.45) is -0.523. The number of nitriles is 1. The molecule has 1 atom stereocenters. The Balaban J connectivity index is 2.78. The van der Waals surface area contributed by atoms with E-state index in [1.165, 1.54) is 0 Å². The van der Waals surface area contributed by atoms with Crippen LogP contribution >= 0.6 is 0 Å². The van der Waals surface area contributed by atoms with E-state index in [0.29, 0.717) is 5.56 Å². The predicted octanol–water partition coefficient (Wildman–Crippen LogP) is 2.08. The maximum absolute atomic E-state index is 11.7. The molecule has 0 radical (unpaired) electrons. The minimum absolute atomic E-state index is 0.230. The smallest absolute Gasteiger partial charge is 0.408 e. The van der Waals surface area contributed by atoms with Crippen molar-refractivity contribution in [2.75, 3.05) is 6.54 Å². The van der Waals surface area contributed by atoms with Gasteiger partial charge in [-0.05, 0) is 38.5 Å². The molecule has 5 heteroatoms. The molecule has 0 spiro atoms. The fourth-order valence-corrected chi connectivity index (χ4v) is 1.55. The fourth-order valence-electron chi connectivity index (χ4n) is 1.55. The van der Waals surface area contributed by atoms with Crippen molar-refractivity contribution in [1.29, 1.82) is 5.26 Å². The number of hydrogen-bond donors (Lipinski definition) is 2. The monoisotopic (exact) mass is 261 g/mol. The lowest BCUT2D eigenvalue weighted by molar-refractivity contribution is 0.0505. The molecule has 1 aromatic rings. The molecule has 0 aliphatic rings. The van der Waals surface area contributed by atoms with Gasteiger partial charge in [-0.25, -0.2) is 4.79 Å². The number of nitrogens with one attached hydrogen (secondary N) is 1. The second-order valence-corrected chi connectivity index (χ2v) is 5.17.